The Hall–Kier alpha value is -2.64. The van der Waals surface area contributed by atoms with Gasteiger partial charge in [0.05, 0.1) is 42.1 Å². The third-order valence-corrected chi connectivity index (χ3v) is 7.83. The maximum atomic E-state index is 11.3. The first kappa shape index (κ1) is 30.9. The topological polar surface area (TPSA) is 115 Å². The highest BCUT2D eigenvalue weighted by molar-refractivity contribution is 7.86. The number of hydrogen-bond donors (Lipinski definition) is 0. The normalized spacial score (nSPS) is 12.3. The first-order valence-corrected chi connectivity index (χ1v) is 16.9. The third-order valence-electron chi connectivity index (χ3n) is 5.76. The van der Waals surface area contributed by atoms with Gasteiger partial charge in [-0.05, 0) is 69.0 Å². The molecule has 0 bridgehead atoms. The van der Waals surface area contributed by atoms with Crippen LogP contribution in [0.15, 0.2) is 47.5 Å². The molecule has 39 heavy (non-hydrogen) atoms. The van der Waals surface area contributed by atoms with E-state index in [0.29, 0.717) is 25.9 Å². The van der Waals surface area contributed by atoms with Crippen LogP contribution in [-0.4, -0.2) is 66.8 Å². The van der Waals surface area contributed by atoms with E-state index in [4.69, 9.17) is 8.37 Å². The molecule has 1 heterocycles. The molecule has 0 unspecified atom stereocenters. The smallest absolute Gasteiger partial charge is 0.264 e. The zero-order valence-corrected chi connectivity index (χ0v) is 25.3. The minimum absolute atomic E-state index is 0.0688. The van der Waals surface area contributed by atoms with Crippen molar-refractivity contribution < 1.29 is 25.2 Å². The summed E-state index contributed by atoms with van der Waals surface area (Å²) in [7, 11) is -7.01. The van der Waals surface area contributed by atoms with Gasteiger partial charge in [0.15, 0.2) is 0 Å². The van der Waals surface area contributed by atoms with Crippen LogP contribution in [0.4, 0.5) is 11.4 Å². The maximum absolute atomic E-state index is 11.3. The van der Waals surface area contributed by atoms with Crippen LogP contribution in [0.2, 0.25) is 0 Å². The van der Waals surface area contributed by atoms with Crippen molar-refractivity contribution in [3.05, 3.63) is 63.5 Å². The van der Waals surface area contributed by atoms with E-state index in [9.17, 15) is 16.8 Å². The van der Waals surface area contributed by atoms with Crippen LogP contribution in [0.3, 0.4) is 0 Å². The summed E-state index contributed by atoms with van der Waals surface area (Å²) in [6.45, 7) is 7.29. The number of rotatable bonds is 14. The van der Waals surface area contributed by atoms with E-state index >= 15 is 0 Å². The summed E-state index contributed by atoms with van der Waals surface area (Å²) < 4.78 is 54.8. The fourth-order valence-electron chi connectivity index (χ4n) is 3.95. The SMILES string of the molecule is Cc1nc(-c2ccc(N=Cc3ccc(N(CCCOS(C)(=O)=O)CCCOS(C)(=O)=O)cc3C)cc2)c(C)s1. The summed E-state index contributed by atoms with van der Waals surface area (Å²) in [6.07, 6.45) is 4.84. The highest BCUT2D eigenvalue weighted by Crippen LogP contribution is 2.28. The van der Waals surface area contributed by atoms with E-state index in [-0.39, 0.29) is 13.2 Å². The molecule has 3 aromatic rings. The summed E-state index contributed by atoms with van der Waals surface area (Å²) >= 11 is 1.69. The molecule has 0 N–H and O–H groups in total. The van der Waals surface area contributed by atoms with E-state index in [0.717, 1.165) is 51.3 Å². The Morgan fingerprint density at radius 1 is 0.897 bits per heavy atom. The van der Waals surface area contributed by atoms with Crippen LogP contribution in [-0.2, 0) is 28.6 Å². The fourth-order valence-corrected chi connectivity index (χ4v) is 5.63. The number of anilines is 1. The summed E-state index contributed by atoms with van der Waals surface area (Å²) in [4.78, 5) is 12.5. The van der Waals surface area contributed by atoms with Gasteiger partial charge in [0.1, 0.15) is 0 Å². The van der Waals surface area contributed by atoms with Crippen molar-refractivity contribution in [1.29, 1.82) is 0 Å². The summed E-state index contributed by atoms with van der Waals surface area (Å²) in [6, 6.07) is 14.0. The molecule has 0 fully saturated rings. The van der Waals surface area contributed by atoms with Crippen molar-refractivity contribution in [2.75, 3.05) is 43.7 Å². The van der Waals surface area contributed by atoms with Crippen LogP contribution >= 0.6 is 11.3 Å². The first-order valence-electron chi connectivity index (χ1n) is 12.4. The molecule has 0 aliphatic carbocycles. The Morgan fingerprint density at radius 2 is 1.49 bits per heavy atom. The highest BCUT2D eigenvalue weighted by atomic mass is 32.2. The molecule has 12 heteroatoms. The highest BCUT2D eigenvalue weighted by Gasteiger charge is 2.11. The molecule has 9 nitrogen and oxygen atoms in total. The van der Waals surface area contributed by atoms with Gasteiger partial charge in [-0.15, -0.1) is 11.3 Å². The number of aliphatic imine (C=N–C) groups is 1. The fraction of sp³-hybridized carbons (Fsp3) is 0.407. The predicted molar refractivity (Wildman–Crippen MR) is 158 cm³/mol. The predicted octanol–water partition coefficient (Wildman–Crippen LogP) is 5.02. The number of aryl methyl sites for hydroxylation is 3. The largest absolute Gasteiger partial charge is 0.371 e. The minimum Gasteiger partial charge on any atom is -0.371 e. The van der Waals surface area contributed by atoms with Gasteiger partial charge < -0.3 is 4.90 Å². The molecule has 0 atom stereocenters. The molecular weight excluding hydrogens is 559 g/mol. The first-order chi connectivity index (χ1) is 18.3. The maximum Gasteiger partial charge on any atom is 0.264 e. The van der Waals surface area contributed by atoms with Crippen molar-refractivity contribution in [2.45, 2.75) is 33.6 Å². The van der Waals surface area contributed by atoms with Gasteiger partial charge in [-0.2, -0.15) is 16.8 Å². The molecule has 212 valence electrons. The summed E-state index contributed by atoms with van der Waals surface area (Å²) in [5, 5.41) is 1.05. The Morgan fingerprint density at radius 3 is 1.97 bits per heavy atom. The van der Waals surface area contributed by atoms with Crippen molar-refractivity contribution in [3.8, 4) is 11.3 Å². The second-order valence-corrected chi connectivity index (χ2v) is 13.9. The van der Waals surface area contributed by atoms with E-state index in [1.54, 1.807) is 11.3 Å². The van der Waals surface area contributed by atoms with Crippen LogP contribution in [0, 0.1) is 20.8 Å². The van der Waals surface area contributed by atoms with E-state index in [2.05, 4.69) is 21.8 Å². The average Bonchev–Trinajstić information content (AvgIpc) is 3.19. The van der Waals surface area contributed by atoms with Crippen LogP contribution in [0.1, 0.15) is 33.9 Å². The van der Waals surface area contributed by atoms with Crippen molar-refractivity contribution in [3.63, 3.8) is 0 Å². The Labute approximate surface area is 235 Å². The van der Waals surface area contributed by atoms with E-state index in [1.165, 1.54) is 4.88 Å². The lowest BCUT2D eigenvalue weighted by molar-refractivity contribution is 0.310. The van der Waals surface area contributed by atoms with Crippen molar-refractivity contribution >= 4 is 49.2 Å². The lowest BCUT2D eigenvalue weighted by Crippen LogP contribution is -2.28. The molecule has 1 aromatic heterocycles. The number of benzene rings is 2. The van der Waals surface area contributed by atoms with Crippen molar-refractivity contribution in [2.24, 2.45) is 4.99 Å². The van der Waals surface area contributed by atoms with E-state index < -0.39 is 20.2 Å². The molecule has 0 amide bonds. The van der Waals surface area contributed by atoms with Crippen LogP contribution in [0.25, 0.3) is 11.3 Å². The third kappa shape index (κ3) is 10.5. The van der Waals surface area contributed by atoms with Crippen LogP contribution < -0.4 is 4.90 Å². The molecule has 0 aliphatic heterocycles. The van der Waals surface area contributed by atoms with Crippen molar-refractivity contribution in [1.82, 2.24) is 4.98 Å². The number of hydrogen-bond acceptors (Lipinski definition) is 10. The lowest BCUT2D eigenvalue weighted by Gasteiger charge is -2.25. The summed E-state index contributed by atoms with van der Waals surface area (Å²) in [5.41, 5.74) is 5.84. The van der Waals surface area contributed by atoms with Gasteiger partial charge in [0, 0.05) is 35.4 Å². The second-order valence-electron chi connectivity index (χ2n) is 9.23. The average molecular weight is 594 g/mol. The molecule has 0 saturated carbocycles. The quantitative estimate of drug-likeness (QED) is 0.145. The van der Waals surface area contributed by atoms with Gasteiger partial charge in [-0.25, -0.2) is 4.98 Å². The molecular formula is C27H35N3O6S3. The lowest BCUT2D eigenvalue weighted by atomic mass is 10.1. The van der Waals surface area contributed by atoms with Gasteiger partial charge in [0.25, 0.3) is 20.2 Å². The molecule has 0 saturated heterocycles. The summed E-state index contributed by atoms with van der Waals surface area (Å²) in [5.74, 6) is 0. The Balaban J connectivity index is 1.69. The number of thiazole rings is 1. The van der Waals surface area contributed by atoms with Gasteiger partial charge in [0.2, 0.25) is 0 Å². The number of aromatic nitrogens is 1. The standard InChI is InChI=1S/C27H35N3O6S3/c1-20-18-26(30(14-6-16-35-38(4,31)32)15-7-17-36-39(5,33)34)13-10-24(20)19-28-25-11-8-23(9-12-25)27-21(2)37-22(3)29-27/h8-13,18-19H,6-7,14-17H2,1-5H3. The van der Waals surface area contributed by atoms with E-state index in [1.807, 2.05) is 62.5 Å². The Bertz CT molecular complexity index is 1460. The molecule has 3 rings (SSSR count). The van der Waals surface area contributed by atoms with Gasteiger partial charge in [-0.3, -0.25) is 13.4 Å². The number of nitrogens with zero attached hydrogens (tertiary/aromatic N) is 3. The minimum atomic E-state index is -3.51. The monoisotopic (exact) mass is 593 g/mol. The molecule has 0 spiro atoms. The van der Waals surface area contributed by atoms with Gasteiger partial charge >= 0.3 is 0 Å². The zero-order chi connectivity index (χ0) is 28.6. The zero-order valence-electron chi connectivity index (χ0n) is 22.9. The molecule has 0 radical (unpaired) electrons. The molecule has 2 aromatic carbocycles. The second kappa shape index (κ2) is 13.6. The van der Waals surface area contributed by atoms with Crippen LogP contribution in [0.5, 0.6) is 0 Å². The van der Waals surface area contributed by atoms with Gasteiger partial charge in [-0.1, -0.05) is 18.2 Å². The Kier molecular flexibility index (Phi) is 10.8. The molecule has 0 aliphatic rings.